The number of aryl methyl sites for hydroxylation is 1. The zero-order chi connectivity index (χ0) is 15.7. The monoisotopic (exact) mass is 296 g/mol. The highest BCUT2D eigenvalue weighted by atomic mass is 16.6. The zero-order valence-corrected chi connectivity index (χ0v) is 12.2. The van der Waals surface area contributed by atoms with E-state index in [1.54, 1.807) is 12.1 Å². The molecule has 1 aromatic heterocycles. The van der Waals surface area contributed by atoms with Crippen LogP contribution in [0.1, 0.15) is 17.0 Å². The first-order valence-corrected chi connectivity index (χ1v) is 6.97. The van der Waals surface area contributed by atoms with Gasteiger partial charge in [-0.15, -0.1) is 0 Å². The van der Waals surface area contributed by atoms with Crippen molar-refractivity contribution in [1.29, 1.82) is 0 Å². The van der Waals surface area contributed by atoms with Crippen molar-refractivity contribution in [3.63, 3.8) is 0 Å². The molecule has 0 unspecified atom stereocenters. The lowest BCUT2D eigenvalue weighted by atomic mass is 10.2. The fourth-order valence-corrected chi connectivity index (χ4v) is 2.53. The Bertz CT molecular complexity index is 837. The van der Waals surface area contributed by atoms with Crippen molar-refractivity contribution < 1.29 is 4.92 Å². The number of hydrogen-bond acceptors (Lipinski definition) is 4. The van der Waals surface area contributed by atoms with Crippen LogP contribution in [0.3, 0.4) is 0 Å². The van der Waals surface area contributed by atoms with E-state index in [4.69, 9.17) is 5.73 Å². The molecule has 2 N–H and O–H groups in total. The molecule has 6 heteroatoms. The van der Waals surface area contributed by atoms with Gasteiger partial charge < -0.3 is 10.3 Å². The smallest absolute Gasteiger partial charge is 0.269 e. The average Bonchev–Trinajstić information content (AvgIpc) is 2.84. The zero-order valence-electron chi connectivity index (χ0n) is 12.2. The number of imidazole rings is 1. The summed E-state index contributed by atoms with van der Waals surface area (Å²) >= 11 is 0. The molecule has 1 heterocycles. The van der Waals surface area contributed by atoms with E-state index < -0.39 is 4.92 Å². The van der Waals surface area contributed by atoms with E-state index in [-0.39, 0.29) is 5.69 Å². The van der Waals surface area contributed by atoms with Crippen LogP contribution in [0.25, 0.3) is 11.0 Å². The molecule has 0 spiro atoms. The summed E-state index contributed by atoms with van der Waals surface area (Å²) in [6.07, 6.45) is 0. The van der Waals surface area contributed by atoms with Gasteiger partial charge >= 0.3 is 0 Å². The molecule has 0 atom stereocenters. The van der Waals surface area contributed by atoms with E-state index in [1.807, 2.05) is 25.1 Å². The third-order valence-corrected chi connectivity index (χ3v) is 3.65. The summed E-state index contributed by atoms with van der Waals surface area (Å²) < 4.78 is 2.05. The molecule has 0 fully saturated rings. The van der Waals surface area contributed by atoms with Crippen LogP contribution in [-0.4, -0.2) is 14.5 Å². The van der Waals surface area contributed by atoms with Crippen molar-refractivity contribution in [3.8, 4) is 0 Å². The summed E-state index contributed by atoms with van der Waals surface area (Å²) in [4.78, 5) is 14.9. The number of nitro benzene ring substituents is 1. The second kappa shape index (κ2) is 5.57. The van der Waals surface area contributed by atoms with Crippen LogP contribution in [0, 0.1) is 17.0 Å². The van der Waals surface area contributed by atoms with Gasteiger partial charge in [-0.05, 0) is 30.2 Å². The van der Waals surface area contributed by atoms with Gasteiger partial charge in [-0.3, -0.25) is 10.1 Å². The molecule has 112 valence electrons. The van der Waals surface area contributed by atoms with Crippen molar-refractivity contribution in [1.82, 2.24) is 9.55 Å². The van der Waals surface area contributed by atoms with Crippen LogP contribution in [0.4, 0.5) is 5.69 Å². The molecule has 0 radical (unpaired) electrons. The van der Waals surface area contributed by atoms with E-state index in [0.717, 1.165) is 28.0 Å². The molecule has 3 aromatic rings. The van der Waals surface area contributed by atoms with E-state index in [9.17, 15) is 10.1 Å². The Labute approximate surface area is 127 Å². The highest BCUT2D eigenvalue weighted by Crippen LogP contribution is 2.20. The Morgan fingerprint density at radius 3 is 2.59 bits per heavy atom. The minimum Gasteiger partial charge on any atom is -0.324 e. The third-order valence-electron chi connectivity index (χ3n) is 3.65. The minimum atomic E-state index is -0.398. The van der Waals surface area contributed by atoms with Crippen molar-refractivity contribution >= 4 is 16.7 Å². The number of nitro groups is 1. The lowest BCUT2D eigenvalue weighted by molar-refractivity contribution is -0.384. The van der Waals surface area contributed by atoms with Crippen LogP contribution < -0.4 is 5.73 Å². The van der Waals surface area contributed by atoms with E-state index in [1.165, 1.54) is 12.1 Å². The lowest BCUT2D eigenvalue weighted by Crippen LogP contribution is -2.09. The predicted molar refractivity (Wildman–Crippen MR) is 84.6 cm³/mol. The number of fused-ring (bicyclic) bond motifs is 1. The highest BCUT2D eigenvalue weighted by Gasteiger charge is 2.11. The Kier molecular flexibility index (Phi) is 3.60. The summed E-state index contributed by atoms with van der Waals surface area (Å²) in [6.45, 7) is 2.96. The maximum atomic E-state index is 10.7. The molecule has 3 rings (SSSR count). The maximum Gasteiger partial charge on any atom is 0.269 e. The summed E-state index contributed by atoms with van der Waals surface area (Å²) in [7, 11) is 0. The van der Waals surface area contributed by atoms with Gasteiger partial charge in [-0.2, -0.15) is 0 Å². The second-order valence-electron chi connectivity index (χ2n) is 5.23. The van der Waals surface area contributed by atoms with Crippen LogP contribution in [0.5, 0.6) is 0 Å². The average molecular weight is 296 g/mol. The molecule has 0 saturated heterocycles. The van der Waals surface area contributed by atoms with E-state index >= 15 is 0 Å². The molecule has 0 aliphatic rings. The number of hydrogen-bond donors (Lipinski definition) is 1. The van der Waals surface area contributed by atoms with Crippen LogP contribution in [-0.2, 0) is 13.1 Å². The largest absolute Gasteiger partial charge is 0.324 e. The number of non-ortho nitro benzene ring substituents is 1. The van der Waals surface area contributed by atoms with Gasteiger partial charge in [0.1, 0.15) is 5.82 Å². The molecule has 22 heavy (non-hydrogen) atoms. The van der Waals surface area contributed by atoms with Crippen molar-refractivity contribution in [2.45, 2.75) is 20.0 Å². The topological polar surface area (TPSA) is 87.0 Å². The summed E-state index contributed by atoms with van der Waals surface area (Å²) in [5.74, 6) is 0.805. The fourth-order valence-electron chi connectivity index (χ4n) is 2.53. The Hall–Kier alpha value is -2.73. The Morgan fingerprint density at radius 1 is 1.23 bits per heavy atom. The van der Waals surface area contributed by atoms with E-state index in [0.29, 0.717) is 13.1 Å². The van der Waals surface area contributed by atoms with Gasteiger partial charge in [0, 0.05) is 18.7 Å². The maximum absolute atomic E-state index is 10.7. The summed E-state index contributed by atoms with van der Waals surface area (Å²) in [5.41, 5.74) is 9.95. The Balaban J connectivity index is 2.00. The van der Waals surface area contributed by atoms with Crippen molar-refractivity contribution in [2.24, 2.45) is 5.73 Å². The van der Waals surface area contributed by atoms with Crippen LogP contribution >= 0.6 is 0 Å². The summed E-state index contributed by atoms with van der Waals surface area (Å²) in [5, 5.41) is 10.7. The third kappa shape index (κ3) is 2.56. The number of nitrogens with zero attached hydrogens (tertiary/aromatic N) is 3. The van der Waals surface area contributed by atoms with Gasteiger partial charge in [0.2, 0.25) is 0 Å². The quantitative estimate of drug-likeness (QED) is 0.592. The molecule has 0 saturated carbocycles. The van der Waals surface area contributed by atoms with Gasteiger partial charge in [0.25, 0.3) is 5.69 Å². The molecule has 2 aromatic carbocycles. The molecular weight excluding hydrogens is 280 g/mol. The Morgan fingerprint density at radius 2 is 1.95 bits per heavy atom. The second-order valence-corrected chi connectivity index (χ2v) is 5.23. The number of rotatable bonds is 4. The first-order chi connectivity index (χ1) is 10.6. The first kappa shape index (κ1) is 14.2. The molecule has 0 bridgehead atoms. The van der Waals surface area contributed by atoms with Crippen LogP contribution in [0.15, 0.2) is 42.5 Å². The summed E-state index contributed by atoms with van der Waals surface area (Å²) in [6, 6.07) is 12.7. The van der Waals surface area contributed by atoms with E-state index in [2.05, 4.69) is 9.55 Å². The molecule has 6 nitrogen and oxygen atoms in total. The molecule has 0 amide bonds. The molecule has 0 aliphatic heterocycles. The number of aromatic nitrogens is 2. The number of benzene rings is 2. The van der Waals surface area contributed by atoms with Gasteiger partial charge in [-0.1, -0.05) is 18.2 Å². The van der Waals surface area contributed by atoms with Gasteiger partial charge in [0.05, 0.1) is 22.5 Å². The SMILES string of the molecule is Cc1ccc2c(c1)nc(CN)n2Cc1ccc([N+](=O)[O-])cc1. The van der Waals surface area contributed by atoms with Crippen molar-refractivity contribution in [2.75, 3.05) is 0 Å². The van der Waals surface area contributed by atoms with Crippen molar-refractivity contribution in [3.05, 3.63) is 69.5 Å². The normalized spacial score (nSPS) is 11.0. The minimum absolute atomic E-state index is 0.0916. The van der Waals surface area contributed by atoms with Crippen LogP contribution in [0.2, 0.25) is 0 Å². The molecule has 0 aliphatic carbocycles. The fraction of sp³-hybridized carbons (Fsp3) is 0.188. The van der Waals surface area contributed by atoms with Gasteiger partial charge in [-0.25, -0.2) is 4.98 Å². The molecular formula is C16H16N4O2. The number of nitrogens with two attached hydrogens (primary N) is 1. The first-order valence-electron chi connectivity index (χ1n) is 6.97. The standard InChI is InChI=1S/C16H16N4O2/c1-11-2-7-15-14(8-11)18-16(9-17)19(15)10-12-3-5-13(6-4-12)20(21)22/h2-8H,9-10,17H2,1H3. The predicted octanol–water partition coefficient (Wildman–Crippen LogP) is 2.76. The van der Waals surface area contributed by atoms with Gasteiger partial charge in [0.15, 0.2) is 0 Å². The highest BCUT2D eigenvalue weighted by molar-refractivity contribution is 5.77. The lowest BCUT2D eigenvalue weighted by Gasteiger charge is -2.08.